The lowest BCUT2D eigenvalue weighted by atomic mass is 10.5. The van der Waals surface area contributed by atoms with Crippen LogP contribution in [0.15, 0.2) is 0 Å². The second-order valence-electron chi connectivity index (χ2n) is 2.60. The fraction of sp³-hybridized carbons (Fsp3) is 0.750. The molecular weight excluding hydrogens is 202 g/mol. The van der Waals surface area contributed by atoms with E-state index in [4.69, 9.17) is 0 Å². The highest BCUT2D eigenvalue weighted by atomic mass is 32.2. The maximum absolute atomic E-state index is 3.98. The van der Waals surface area contributed by atoms with Crippen molar-refractivity contribution in [3.63, 3.8) is 0 Å². The first kappa shape index (κ1) is 10.8. The summed E-state index contributed by atoms with van der Waals surface area (Å²) in [5.74, 6) is 2.43. The molecule has 1 N–H and O–H groups in total. The first-order chi connectivity index (χ1) is 6.33. The number of anilines is 1. The molecule has 1 heterocycles. The molecule has 0 fully saturated rings. The summed E-state index contributed by atoms with van der Waals surface area (Å²) < 4.78 is 0. The van der Waals surface area contributed by atoms with E-state index in [9.17, 15) is 0 Å². The van der Waals surface area contributed by atoms with Crippen LogP contribution in [-0.2, 0) is 0 Å². The molecule has 0 spiro atoms. The molecule has 0 unspecified atom stereocenters. The molecule has 0 saturated carbocycles. The van der Waals surface area contributed by atoms with Crippen LogP contribution in [0.4, 0.5) is 5.13 Å². The zero-order valence-corrected chi connectivity index (χ0v) is 9.67. The molecule has 1 aromatic heterocycles. The van der Waals surface area contributed by atoms with Gasteiger partial charge in [0.25, 0.3) is 0 Å². The largest absolute Gasteiger partial charge is 0.360 e. The van der Waals surface area contributed by atoms with Crippen LogP contribution in [0.3, 0.4) is 0 Å². The molecule has 0 aliphatic rings. The van der Waals surface area contributed by atoms with Crippen LogP contribution in [0, 0.1) is 6.92 Å². The van der Waals surface area contributed by atoms with Gasteiger partial charge in [-0.15, -0.1) is 10.2 Å². The highest BCUT2D eigenvalue weighted by molar-refractivity contribution is 7.99. The Morgan fingerprint density at radius 3 is 2.92 bits per heavy atom. The van der Waals surface area contributed by atoms with Crippen LogP contribution in [0.25, 0.3) is 0 Å². The lowest BCUT2D eigenvalue weighted by Crippen LogP contribution is -2.02. The van der Waals surface area contributed by atoms with Gasteiger partial charge in [0.15, 0.2) is 0 Å². The van der Waals surface area contributed by atoms with Gasteiger partial charge >= 0.3 is 0 Å². The molecule has 1 aromatic rings. The van der Waals surface area contributed by atoms with E-state index in [-0.39, 0.29) is 0 Å². The van der Waals surface area contributed by atoms with Gasteiger partial charge in [0.2, 0.25) is 5.13 Å². The lowest BCUT2D eigenvalue weighted by molar-refractivity contribution is 0.968. The first-order valence-electron chi connectivity index (χ1n) is 4.44. The van der Waals surface area contributed by atoms with E-state index in [1.807, 2.05) is 18.7 Å². The van der Waals surface area contributed by atoms with Crippen LogP contribution in [0.2, 0.25) is 0 Å². The Hall–Kier alpha value is -0.290. The van der Waals surface area contributed by atoms with Crippen molar-refractivity contribution in [1.29, 1.82) is 0 Å². The van der Waals surface area contributed by atoms with Gasteiger partial charge in [-0.3, -0.25) is 0 Å². The van der Waals surface area contributed by atoms with Crippen LogP contribution in [0.5, 0.6) is 0 Å². The summed E-state index contributed by atoms with van der Waals surface area (Å²) in [4.78, 5) is 0. The zero-order valence-electron chi connectivity index (χ0n) is 8.04. The number of hydrogen-bond acceptors (Lipinski definition) is 5. The normalized spacial score (nSPS) is 10.3. The summed E-state index contributed by atoms with van der Waals surface area (Å²) in [5, 5.41) is 13.1. The molecule has 0 amide bonds. The topological polar surface area (TPSA) is 37.8 Å². The lowest BCUT2D eigenvalue weighted by Gasteiger charge is -2.00. The molecule has 0 aromatic carbocycles. The molecule has 0 atom stereocenters. The summed E-state index contributed by atoms with van der Waals surface area (Å²) in [6.45, 7) is 5.16. The number of aromatic nitrogens is 2. The van der Waals surface area contributed by atoms with Crippen molar-refractivity contribution >= 4 is 28.2 Å². The number of hydrogen-bond donors (Lipinski definition) is 1. The third-order valence-corrected chi connectivity index (χ3v) is 3.25. The summed E-state index contributed by atoms with van der Waals surface area (Å²) in [5.41, 5.74) is 0. The second kappa shape index (κ2) is 6.21. The molecule has 1 rings (SSSR count). The number of nitrogens with one attached hydrogen (secondary N) is 1. The third-order valence-electron chi connectivity index (χ3n) is 1.47. The molecule has 0 saturated heterocycles. The van der Waals surface area contributed by atoms with Crippen molar-refractivity contribution in [2.45, 2.75) is 20.3 Å². The Kier molecular flexibility index (Phi) is 5.15. The van der Waals surface area contributed by atoms with Gasteiger partial charge < -0.3 is 5.32 Å². The maximum atomic E-state index is 3.98. The van der Waals surface area contributed by atoms with E-state index in [0.29, 0.717) is 0 Å². The smallest absolute Gasteiger partial charge is 0.205 e. The Bertz CT molecular complexity index is 237. The molecular formula is C8H15N3S2. The van der Waals surface area contributed by atoms with Gasteiger partial charge in [0.1, 0.15) is 5.01 Å². The van der Waals surface area contributed by atoms with Crippen molar-refractivity contribution < 1.29 is 0 Å². The fourth-order valence-electron chi connectivity index (χ4n) is 0.882. The van der Waals surface area contributed by atoms with Gasteiger partial charge in [0, 0.05) is 6.54 Å². The quantitative estimate of drug-likeness (QED) is 0.743. The Morgan fingerprint density at radius 1 is 1.46 bits per heavy atom. The number of aryl methyl sites for hydroxylation is 1. The van der Waals surface area contributed by atoms with Gasteiger partial charge in [-0.1, -0.05) is 18.3 Å². The standard InChI is InChI=1S/C8H15N3S2/c1-3-12-6-4-5-9-8-11-10-7(2)13-8/h3-6H2,1-2H3,(H,9,11). The minimum absolute atomic E-state index is 0.944. The van der Waals surface area contributed by atoms with Crippen LogP contribution < -0.4 is 5.32 Å². The summed E-state index contributed by atoms with van der Waals surface area (Å²) >= 11 is 3.59. The SMILES string of the molecule is CCSCCCNc1nnc(C)s1. The number of nitrogens with zero attached hydrogens (tertiary/aromatic N) is 2. The van der Waals surface area contributed by atoms with E-state index in [2.05, 4.69) is 22.4 Å². The highest BCUT2D eigenvalue weighted by Gasteiger charge is 1.97. The van der Waals surface area contributed by atoms with Gasteiger partial charge in [-0.05, 0) is 24.9 Å². The van der Waals surface area contributed by atoms with Crippen molar-refractivity contribution in [3.8, 4) is 0 Å². The minimum Gasteiger partial charge on any atom is -0.360 e. The van der Waals surface area contributed by atoms with Crippen LogP contribution in [-0.4, -0.2) is 28.2 Å². The zero-order chi connectivity index (χ0) is 9.52. The molecule has 13 heavy (non-hydrogen) atoms. The maximum Gasteiger partial charge on any atom is 0.205 e. The van der Waals surface area contributed by atoms with Crippen LogP contribution >= 0.6 is 23.1 Å². The molecule has 74 valence electrons. The summed E-state index contributed by atoms with van der Waals surface area (Å²) in [6.07, 6.45) is 1.19. The van der Waals surface area contributed by atoms with Crippen molar-refractivity contribution in [3.05, 3.63) is 5.01 Å². The third kappa shape index (κ3) is 4.47. The molecule has 0 aliphatic carbocycles. The van der Waals surface area contributed by atoms with E-state index in [0.717, 1.165) is 16.7 Å². The van der Waals surface area contributed by atoms with E-state index >= 15 is 0 Å². The van der Waals surface area contributed by atoms with E-state index in [1.165, 1.54) is 17.9 Å². The Morgan fingerprint density at radius 2 is 2.31 bits per heavy atom. The number of thioether (sulfide) groups is 1. The Balaban J connectivity index is 2.06. The monoisotopic (exact) mass is 217 g/mol. The molecule has 0 bridgehead atoms. The number of rotatable bonds is 6. The molecule has 5 heteroatoms. The second-order valence-corrected chi connectivity index (χ2v) is 5.18. The average molecular weight is 217 g/mol. The molecule has 0 aliphatic heterocycles. The fourth-order valence-corrected chi connectivity index (χ4v) is 2.14. The van der Waals surface area contributed by atoms with Crippen molar-refractivity contribution in [1.82, 2.24) is 10.2 Å². The minimum atomic E-state index is 0.944. The molecule has 0 radical (unpaired) electrons. The van der Waals surface area contributed by atoms with Crippen molar-refractivity contribution in [2.24, 2.45) is 0 Å². The predicted octanol–water partition coefficient (Wildman–Crippen LogP) is 2.40. The van der Waals surface area contributed by atoms with Crippen LogP contribution in [0.1, 0.15) is 18.4 Å². The first-order valence-corrected chi connectivity index (χ1v) is 6.41. The molecule has 3 nitrogen and oxygen atoms in total. The van der Waals surface area contributed by atoms with Crippen molar-refractivity contribution in [2.75, 3.05) is 23.4 Å². The Labute approximate surface area is 87.3 Å². The predicted molar refractivity (Wildman–Crippen MR) is 60.8 cm³/mol. The van der Waals surface area contributed by atoms with Gasteiger partial charge in [-0.2, -0.15) is 11.8 Å². The summed E-state index contributed by atoms with van der Waals surface area (Å²) in [6, 6.07) is 0. The van der Waals surface area contributed by atoms with E-state index < -0.39 is 0 Å². The van der Waals surface area contributed by atoms with Gasteiger partial charge in [0.05, 0.1) is 0 Å². The highest BCUT2D eigenvalue weighted by Crippen LogP contribution is 2.13. The van der Waals surface area contributed by atoms with Gasteiger partial charge in [-0.25, -0.2) is 0 Å². The summed E-state index contributed by atoms with van der Waals surface area (Å²) in [7, 11) is 0. The van der Waals surface area contributed by atoms with E-state index in [1.54, 1.807) is 11.3 Å². The average Bonchev–Trinajstić information content (AvgIpc) is 2.51.